The van der Waals surface area contributed by atoms with Crippen molar-refractivity contribution in [1.82, 2.24) is 0 Å². The minimum atomic E-state index is -4.21. The van der Waals surface area contributed by atoms with Crippen molar-refractivity contribution in [3.63, 3.8) is 0 Å². The molecule has 0 N–H and O–H groups in total. The third kappa shape index (κ3) is 2.39. The number of thiophene rings is 1. The Hall–Kier alpha value is -1.28. The lowest BCUT2D eigenvalue weighted by Gasteiger charge is -1.86. The largest absolute Gasteiger partial charge is 0.302 e. The molecule has 0 aliphatic heterocycles. The first kappa shape index (κ1) is 11.8. The second-order valence-electron chi connectivity index (χ2n) is 2.14. The predicted octanol–water partition coefficient (Wildman–Crippen LogP) is 1.33. The predicted molar refractivity (Wildman–Crippen MR) is 51.3 cm³/mol. The van der Waals surface area contributed by atoms with Crippen molar-refractivity contribution >= 4 is 44.7 Å². The summed E-state index contributed by atoms with van der Waals surface area (Å²) >= 11 is 5.87. The van der Waals surface area contributed by atoms with E-state index in [1.54, 1.807) is 0 Å². The van der Waals surface area contributed by atoms with E-state index < -0.39 is 24.8 Å². The number of nitrogens with zero attached hydrogens (tertiary/aromatic N) is 2. The summed E-state index contributed by atoms with van der Waals surface area (Å²) in [6.07, 6.45) is 0.845. The maximum atomic E-state index is 11.1. The Morgan fingerprint density at radius 1 is 1.60 bits per heavy atom. The van der Waals surface area contributed by atoms with Crippen LogP contribution in [-0.2, 0) is 14.8 Å². The number of hydrogen-bond donors (Lipinski definition) is 0. The Morgan fingerprint density at radius 2 is 2.20 bits per heavy atom. The summed E-state index contributed by atoms with van der Waals surface area (Å²) in [6.45, 7) is 0. The summed E-state index contributed by atoms with van der Waals surface area (Å²) < 4.78 is 24.0. The molecule has 0 aliphatic carbocycles. The molecule has 10 heteroatoms. The lowest BCUT2D eigenvalue weighted by Crippen LogP contribution is -1.92. The van der Waals surface area contributed by atoms with E-state index in [1.165, 1.54) is 0 Å². The third-order valence-corrected chi connectivity index (χ3v) is 4.21. The van der Waals surface area contributed by atoms with Crippen LogP contribution in [0.4, 0.5) is 5.69 Å². The van der Waals surface area contributed by atoms with Crippen LogP contribution in [0.2, 0.25) is 4.34 Å². The van der Waals surface area contributed by atoms with Crippen LogP contribution >= 0.6 is 22.9 Å². The van der Waals surface area contributed by atoms with E-state index in [1.807, 2.05) is 0 Å². The van der Waals surface area contributed by atoms with Crippen LogP contribution in [-0.4, -0.2) is 19.4 Å². The summed E-state index contributed by atoms with van der Waals surface area (Å²) in [7, 11) is -4.21. The summed E-state index contributed by atoms with van der Waals surface area (Å²) in [6, 6.07) is 0.739. The standard InChI is InChI=1S/C5HClN2O5S2/c6-5-3(8(10)11)1-4(14-5)15(12,13)7-2-9/h1H. The molecule has 0 aromatic carbocycles. The molecule has 80 valence electrons. The first-order chi connectivity index (χ1) is 6.88. The van der Waals surface area contributed by atoms with Gasteiger partial charge in [-0.1, -0.05) is 16.0 Å². The second-order valence-corrected chi connectivity index (χ2v) is 5.62. The van der Waals surface area contributed by atoms with E-state index in [0.717, 1.165) is 12.1 Å². The maximum absolute atomic E-state index is 11.1. The monoisotopic (exact) mass is 268 g/mol. The van der Waals surface area contributed by atoms with Gasteiger partial charge in [-0.15, -0.1) is 11.3 Å². The number of isocyanates is 1. The molecule has 0 saturated carbocycles. The van der Waals surface area contributed by atoms with Crippen LogP contribution in [0, 0.1) is 10.1 Å². The Bertz CT molecular complexity index is 556. The van der Waals surface area contributed by atoms with Crippen molar-refractivity contribution in [2.45, 2.75) is 4.21 Å². The first-order valence-electron chi connectivity index (χ1n) is 3.16. The van der Waals surface area contributed by atoms with Gasteiger partial charge in [-0.2, -0.15) is 8.42 Å². The highest BCUT2D eigenvalue weighted by molar-refractivity contribution is 7.92. The smallest absolute Gasteiger partial charge is 0.258 e. The average Bonchev–Trinajstić information content (AvgIpc) is 2.47. The number of carbonyl (C=O) groups excluding carboxylic acids is 1. The molecule has 0 amide bonds. The van der Waals surface area contributed by atoms with Gasteiger partial charge >= 0.3 is 10.0 Å². The molecule has 0 aliphatic rings. The van der Waals surface area contributed by atoms with E-state index in [4.69, 9.17) is 11.6 Å². The molecule has 0 fully saturated rings. The maximum Gasteiger partial charge on any atom is 0.302 e. The fraction of sp³-hybridized carbons (Fsp3) is 0. The lowest BCUT2D eigenvalue weighted by molar-refractivity contribution is -0.384. The van der Waals surface area contributed by atoms with Crippen LogP contribution in [0.1, 0.15) is 0 Å². The Morgan fingerprint density at radius 3 is 2.60 bits per heavy atom. The lowest BCUT2D eigenvalue weighted by atomic mass is 10.6. The Labute approximate surface area is 92.2 Å². The van der Waals surface area contributed by atoms with Crippen LogP contribution in [0.5, 0.6) is 0 Å². The highest BCUT2D eigenvalue weighted by Gasteiger charge is 2.24. The van der Waals surface area contributed by atoms with Gasteiger partial charge in [-0.25, -0.2) is 4.79 Å². The molecule has 0 saturated heterocycles. The molecule has 1 heterocycles. The second kappa shape index (κ2) is 4.07. The summed E-state index contributed by atoms with van der Waals surface area (Å²) in [5, 5.41) is 10.3. The van der Waals surface area contributed by atoms with E-state index in [9.17, 15) is 23.3 Å². The molecule has 0 atom stereocenters. The molecule has 7 nitrogen and oxygen atoms in total. The SMILES string of the molecule is O=C=NS(=O)(=O)c1cc([N+](=O)[O-])c(Cl)s1. The molecule has 1 aromatic heterocycles. The quantitative estimate of drug-likeness (QED) is 0.356. The highest BCUT2D eigenvalue weighted by atomic mass is 35.5. The van der Waals surface area contributed by atoms with Gasteiger partial charge in [-0.05, 0) is 0 Å². The van der Waals surface area contributed by atoms with Crippen LogP contribution in [0.25, 0.3) is 0 Å². The number of halogens is 1. The van der Waals surface area contributed by atoms with Crippen molar-refractivity contribution in [2.75, 3.05) is 0 Å². The fourth-order valence-corrected chi connectivity index (χ4v) is 3.01. The van der Waals surface area contributed by atoms with Gasteiger partial charge in [-0.3, -0.25) is 10.1 Å². The van der Waals surface area contributed by atoms with Crippen molar-refractivity contribution in [2.24, 2.45) is 4.40 Å². The zero-order chi connectivity index (χ0) is 11.6. The van der Waals surface area contributed by atoms with Gasteiger partial charge in [0.05, 0.1) is 4.92 Å². The van der Waals surface area contributed by atoms with E-state index in [2.05, 4.69) is 4.40 Å². The zero-order valence-corrected chi connectivity index (χ0v) is 9.10. The van der Waals surface area contributed by atoms with Crippen molar-refractivity contribution < 1.29 is 18.1 Å². The van der Waals surface area contributed by atoms with Gasteiger partial charge in [0.25, 0.3) is 11.8 Å². The Balaban J connectivity index is 3.37. The van der Waals surface area contributed by atoms with Gasteiger partial charge in [0.2, 0.25) is 0 Å². The molecule has 15 heavy (non-hydrogen) atoms. The normalized spacial score (nSPS) is 10.7. The molecule has 1 aromatic rings. The van der Waals surface area contributed by atoms with Crippen molar-refractivity contribution in [1.29, 1.82) is 0 Å². The molecular weight excluding hydrogens is 268 g/mol. The van der Waals surface area contributed by atoms with Crippen LogP contribution in [0.15, 0.2) is 14.7 Å². The third-order valence-electron chi connectivity index (χ3n) is 1.25. The summed E-state index contributed by atoms with van der Waals surface area (Å²) in [4.78, 5) is 19.3. The Kier molecular flexibility index (Phi) is 3.20. The van der Waals surface area contributed by atoms with E-state index in [0.29, 0.717) is 11.3 Å². The molecular formula is C5HClN2O5S2. The number of rotatable bonds is 3. The van der Waals surface area contributed by atoms with Crippen LogP contribution < -0.4 is 0 Å². The van der Waals surface area contributed by atoms with Gasteiger partial charge in [0.15, 0.2) is 8.55 Å². The fourth-order valence-electron chi connectivity index (χ4n) is 0.684. The van der Waals surface area contributed by atoms with Gasteiger partial charge in [0.1, 0.15) is 0 Å². The van der Waals surface area contributed by atoms with E-state index in [-0.39, 0.29) is 4.34 Å². The topological polar surface area (TPSA) is 107 Å². The molecule has 0 radical (unpaired) electrons. The number of hydrogen-bond acceptors (Lipinski definition) is 6. The summed E-state index contributed by atoms with van der Waals surface area (Å²) in [5.74, 6) is 0. The number of nitro groups is 1. The molecule has 1 rings (SSSR count). The molecule has 0 spiro atoms. The summed E-state index contributed by atoms with van der Waals surface area (Å²) in [5.41, 5.74) is -0.540. The molecule has 0 bridgehead atoms. The van der Waals surface area contributed by atoms with Gasteiger partial charge in [0, 0.05) is 6.07 Å². The minimum Gasteiger partial charge on any atom is -0.258 e. The van der Waals surface area contributed by atoms with Gasteiger partial charge < -0.3 is 0 Å². The van der Waals surface area contributed by atoms with Crippen molar-refractivity contribution in [3.05, 3.63) is 20.5 Å². The van der Waals surface area contributed by atoms with Crippen LogP contribution in [0.3, 0.4) is 0 Å². The van der Waals surface area contributed by atoms with E-state index >= 15 is 0 Å². The average molecular weight is 269 g/mol. The minimum absolute atomic E-state index is 0.292. The number of sulfonamides is 1. The zero-order valence-electron chi connectivity index (χ0n) is 6.71. The van der Waals surface area contributed by atoms with Crippen molar-refractivity contribution in [3.8, 4) is 0 Å². The highest BCUT2D eigenvalue weighted by Crippen LogP contribution is 2.36. The molecule has 0 unspecified atom stereocenters. The first-order valence-corrected chi connectivity index (χ1v) is 5.80.